The maximum absolute atomic E-state index is 14.7. The molecule has 144 valence electrons. The van der Waals surface area contributed by atoms with Crippen molar-refractivity contribution in [1.29, 1.82) is 5.26 Å². The number of fused-ring (bicyclic) bond motifs is 3. The lowest BCUT2D eigenvalue weighted by molar-refractivity contribution is 0.591. The summed E-state index contributed by atoms with van der Waals surface area (Å²) in [7, 11) is 0.771. The highest BCUT2D eigenvalue weighted by Gasteiger charge is 2.30. The minimum atomic E-state index is -0.774. The Labute approximate surface area is 166 Å². The largest absolute Gasteiger partial charge is 0.455 e. The van der Waals surface area contributed by atoms with Crippen LogP contribution in [0.5, 0.6) is 0 Å². The van der Waals surface area contributed by atoms with E-state index in [1.165, 1.54) is 0 Å². The van der Waals surface area contributed by atoms with Crippen LogP contribution in [0.3, 0.4) is 0 Å². The Hall–Kier alpha value is -3.03. The molecule has 1 fully saturated rings. The molecule has 0 bridgehead atoms. The molecule has 0 saturated heterocycles. The number of nitrogens with zero attached hydrogens (tertiary/aromatic N) is 2. The summed E-state index contributed by atoms with van der Waals surface area (Å²) in [5, 5.41) is 10.4. The number of pyridine rings is 1. The number of aryl methyl sites for hydroxylation is 2. The highest BCUT2D eigenvalue weighted by Crippen LogP contribution is 2.42. The predicted octanol–water partition coefficient (Wildman–Crippen LogP) is 6.10. The third-order valence-electron chi connectivity index (χ3n) is 5.45. The number of rotatable bonds is 2. The summed E-state index contributed by atoms with van der Waals surface area (Å²) in [6.45, 7) is 3.64. The molecule has 4 aromatic rings. The normalized spacial score (nSPS) is 14.2. The molecule has 0 N–H and O–H groups in total. The van der Waals surface area contributed by atoms with Gasteiger partial charge in [0.25, 0.3) is 5.56 Å². The molecule has 1 aliphatic rings. The zero-order valence-electron chi connectivity index (χ0n) is 15.7. The van der Waals surface area contributed by atoms with Gasteiger partial charge in [0.2, 0.25) is 0 Å². The van der Waals surface area contributed by atoms with E-state index in [4.69, 9.17) is 9.68 Å². The molecule has 2 aromatic carbocycles. The summed E-state index contributed by atoms with van der Waals surface area (Å²) in [5.74, 6) is -1.45. The Balaban J connectivity index is 1.90. The Bertz CT molecular complexity index is 1440. The Morgan fingerprint density at radius 3 is 2.62 bits per heavy atom. The molecule has 0 amide bonds. The van der Waals surface area contributed by atoms with E-state index in [-0.39, 0.29) is 22.7 Å². The van der Waals surface area contributed by atoms with Crippen LogP contribution in [0.2, 0.25) is 0 Å². The van der Waals surface area contributed by atoms with E-state index < -0.39 is 11.6 Å². The SMILES string of the molecule is Cc1oc2c(p1)c(=O)n(C1CC1)c1c(C)c(-c3cc(F)c(C#N)cc3F)ccc21. The molecule has 0 unspecified atom stereocenters. The molecule has 5 rings (SSSR count). The fourth-order valence-corrected chi connectivity index (χ4v) is 4.90. The summed E-state index contributed by atoms with van der Waals surface area (Å²) in [6, 6.07) is 7.24. The maximum atomic E-state index is 14.7. The van der Waals surface area contributed by atoms with Gasteiger partial charge in [-0.15, -0.1) is 0 Å². The van der Waals surface area contributed by atoms with Gasteiger partial charge in [-0.2, -0.15) is 5.26 Å². The van der Waals surface area contributed by atoms with Crippen molar-refractivity contribution in [1.82, 2.24) is 4.57 Å². The van der Waals surface area contributed by atoms with Crippen LogP contribution >= 0.6 is 8.19 Å². The molecule has 0 spiro atoms. The van der Waals surface area contributed by atoms with Crippen LogP contribution in [-0.4, -0.2) is 4.57 Å². The predicted molar refractivity (Wildman–Crippen MR) is 108 cm³/mol. The first kappa shape index (κ1) is 18.0. The van der Waals surface area contributed by atoms with Crippen molar-refractivity contribution in [3.63, 3.8) is 0 Å². The molecule has 4 nitrogen and oxygen atoms in total. The Kier molecular flexibility index (Phi) is 3.88. The number of nitriles is 1. The van der Waals surface area contributed by atoms with Gasteiger partial charge >= 0.3 is 0 Å². The molecule has 7 heteroatoms. The summed E-state index contributed by atoms with van der Waals surface area (Å²) in [5.41, 5.74) is 2.82. The van der Waals surface area contributed by atoms with Gasteiger partial charge in [0, 0.05) is 17.0 Å². The second-order valence-corrected chi connectivity index (χ2v) is 8.68. The summed E-state index contributed by atoms with van der Waals surface area (Å²) < 4.78 is 36.5. The molecule has 0 aliphatic heterocycles. The lowest BCUT2D eigenvalue weighted by Crippen LogP contribution is -2.19. The Morgan fingerprint density at radius 1 is 1.17 bits per heavy atom. The minimum Gasteiger partial charge on any atom is -0.455 e. The van der Waals surface area contributed by atoms with E-state index in [0.717, 1.165) is 44.0 Å². The van der Waals surface area contributed by atoms with Crippen LogP contribution < -0.4 is 5.56 Å². The highest BCUT2D eigenvalue weighted by molar-refractivity contribution is 7.37. The second-order valence-electron chi connectivity index (χ2n) is 7.37. The van der Waals surface area contributed by atoms with E-state index in [1.807, 2.05) is 6.92 Å². The quantitative estimate of drug-likeness (QED) is 0.403. The third kappa shape index (κ3) is 2.62. The molecule has 2 aromatic heterocycles. The standard InChI is InChI=1S/C22H15F2N2O2P/c1-10-14(16-8-17(23)12(9-25)7-18(16)24)5-6-15-19(10)26(13-3-4-13)22(27)21-20(15)28-11(2)29-21/h5-8,13H,3-4H2,1-2H3. The first-order valence-corrected chi connectivity index (χ1v) is 10.1. The molecule has 0 radical (unpaired) electrons. The maximum Gasteiger partial charge on any atom is 0.267 e. The average molecular weight is 408 g/mol. The monoisotopic (exact) mass is 408 g/mol. The van der Waals surface area contributed by atoms with E-state index in [0.29, 0.717) is 27.3 Å². The first-order chi connectivity index (χ1) is 13.9. The number of benzene rings is 2. The average Bonchev–Trinajstić information content (AvgIpc) is 3.44. The van der Waals surface area contributed by atoms with Crippen LogP contribution in [-0.2, 0) is 0 Å². The zero-order valence-corrected chi connectivity index (χ0v) is 16.6. The Morgan fingerprint density at radius 2 is 1.93 bits per heavy atom. The second kappa shape index (κ2) is 6.23. The third-order valence-corrected chi connectivity index (χ3v) is 6.48. The number of hydrogen-bond acceptors (Lipinski definition) is 3. The lowest BCUT2D eigenvalue weighted by Gasteiger charge is -2.16. The molecule has 0 atom stereocenters. The summed E-state index contributed by atoms with van der Waals surface area (Å²) in [6.07, 6.45) is 1.83. The summed E-state index contributed by atoms with van der Waals surface area (Å²) in [4.78, 5) is 13.2. The number of aromatic nitrogens is 1. The van der Waals surface area contributed by atoms with Gasteiger partial charge in [0.1, 0.15) is 28.3 Å². The fourth-order valence-electron chi connectivity index (χ4n) is 3.98. The van der Waals surface area contributed by atoms with Gasteiger partial charge in [-0.05, 0) is 64.2 Å². The van der Waals surface area contributed by atoms with Gasteiger partial charge in [-0.25, -0.2) is 8.78 Å². The van der Waals surface area contributed by atoms with Crippen molar-refractivity contribution in [2.24, 2.45) is 0 Å². The van der Waals surface area contributed by atoms with Gasteiger partial charge in [-0.3, -0.25) is 4.79 Å². The van der Waals surface area contributed by atoms with Gasteiger partial charge in [0.15, 0.2) is 5.58 Å². The van der Waals surface area contributed by atoms with Gasteiger partial charge < -0.3 is 8.98 Å². The molecule has 2 heterocycles. The molecular formula is C22H15F2N2O2P. The fraction of sp³-hybridized carbons (Fsp3) is 0.227. The zero-order chi connectivity index (χ0) is 20.4. The van der Waals surface area contributed by atoms with Crippen LogP contribution in [0.1, 0.15) is 35.5 Å². The van der Waals surface area contributed by atoms with Gasteiger partial charge in [-0.1, -0.05) is 6.07 Å². The van der Waals surface area contributed by atoms with E-state index >= 15 is 0 Å². The van der Waals surface area contributed by atoms with Crippen LogP contribution in [0, 0.1) is 36.8 Å². The number of hydrogen-bond donors (Lipinski definition) is 0. The van der Waals surface area contributed by atoms with Crippen LogP contribution in [0.25, 0.3) is 32.7 Å². The molecule has 1 saturated carbocycles. The van der Waals surface area contributed by atoms with Crippen molar-refractivity contribution in [3.05, 3.63) is 62.9 Å². The number of halogens is 2. The van der Waals surface area contributed by atoms with Crippen molar-refractivity contribution in [3.8, 4) is 17.2 Å². The summed E-state index contributed by atoms with van der Waals surface area (Å²) >= 11 is 0. The van der Waals surface area contributed by atoms with Crippen molar-refractivity contribution >= 4 is 29.8 Å². The van der Waals surface area contributed by atoms with E-state index in [9.17, 15) is 13.6 Å². The van der Waals surface area contributed by atoms with Crippen LogP contribution in [0.15, 0.2) is 33.5 Å². The molecule has 29 heavy (non-hydrogen) atoms. The smallest absolute Gasteiger partial charge is 0.267 e. The van der Waals surface area contributed by atoms with Crippen molar-refractivity contribution in [2.75, 3.05) is 0 Å². The van der Waals surface area contributed by atoms with Crippen molar-refractivity contribution < 1.29 is 13.2 Å². The highest BCUT2D eigenvalue weighted by atomic mass is 31.0. The topological polar surface area (TPSA) is 58.9 Å². The lowest BCUT2D eigenvalue weighted by atomic mass is 9.96. The van der Waals surface area contributed by atoms with Crippen LogP contribution in [0.4, 0.5) is 8.78 Å². The molecular weight excluding hydrogens is 393 g/mol. The molecule has 1 aliphatic carbocycles. The first-order valence-electron chi connectivity index (χ1n) is 9.25. The van der Waals surface area contributed by atoms with E-state index in [1.54, 1.807) is 29.7 Å². The van der Waals surface area contributed by atoms with Gasteiger partial charge in [0.05, 0.1) is 11.1 Å². The van der Waals surface area contributed by atoms with E-state index in [2.05, 4.69) is 0 Å². The minimum absolute atomic E-state index is 0.0676. The van der Waals surface area contributed by atoms with Crippen molar-refractivity contribution in [2.45, 2.75) is 32.7 Å².